The summed E-state index contributed by atoms with van der Waals surface area (Å²) in [7, 11) is -2.39. The highest BCUT2D eigenvalue weighted by Crippen LogP contribution is 2.29. The fourth-order valence-corrected chi connectivity index (χ4v) is 3.40. The first-order valence-electron chi connectivity index (χ1n) is 6.83. The van der Waals surface area contributed by atoms with Crippen molar-refractivity contribution in [2.45, 2.75) is 30.7 Å². The third-order valence-electron chi connectivity index (χ3n) is 3.24. The molecular weight excluding hydrogens is 294 g/mol. The van der Waals surface area contributed by atoms with Crippen molar-refractivity contribution in [3.63, 3.8) is 0 Å². The van der Waals surface area contributed by atoms with E-state index >= 15 is 0 Å². The number of nitrogens with zero attached hydrogens (tertiary/aromatic N) is 1. The SMILES string of the molecule is CCCCOc1ccc(S(=O)(=O)N2CC2C(=O)OC)cc1. The van der Waals surface area contributed by atoms with Crippen LogP contribution in [-0.2, 0) is 19.6 Å². The van der Waals surface area contributed by atoms with E-state index in [1.54, 1.807) is 12.1 Å². The number of hydrogen-bond donors (Lipinski definition) is 0. The number of hydrogen-bond acceptors (Lipinski definition) is 5. The van der Waals surface area contributed by atoms with Crippen LogP contribution in [0.3, 0.4) is 0 Å². The smallest absolute Gasteiger partial charge is 0.325 e. The van der Waals surface area contributed by atoms with Crippen molar-refractivity contribution in [2.75, 3.05) is 20.3 Å². The Bertz CT molecular complexity index is 596. The van der Waals surface area contributed by atoms with Gasteiger partial charge in [0.1, 0.15) is 11.8 Å². The first-order chi connectivity index (χ1) is 10.0. The van der Waals surface area contributed by atoms with Crippen LogP contribution in [0.5, 0.6) is 5.75 Å². The molecule has 7 heteroatoms. The molecule has 0 bridgehead atoms. The van der Waals surface area contributed by atoms with Crippen molar-refractivity contribution in [2.24, 2.45) is 0 Å². The molecule has 0 saturated carbocycles. The van der Waals surface area contributed by atoms with E-state index in [2.05, 4.69) is 11.7 Å². The summed E-state index contributed by atoms with van der Waals surface area (Å²) >= 11 is 0. The second-order valence-electron chi connectivity index (χ2n) is 4.79. The number of benzene rings is 1. The zero-order valence-corrected chi connectivity index (χ0v) is 12.9. The predicted molar refractivity (Wildman–Crippen MR) is 76.5 cm³/mol. The second kappa shape index (κ2) is 6.44. The summed E-state index contributed by atoms with van der Waals surface area (Å²) in [6.45, 7) is 2.85. The molecule has 1 heterocycles. The molecule has 0 spiro atoms. The number of unbranched alkanes of at least 4 members (excludes halogenated alkanes) is 1. The number of ether oxygens (including phenoxy) is 2. The van der Waals surface area contributed by atoms with Gasteiger partial charge in [-0.05, 0) is 30.7 Å². The van der Waals surface area contributed by atoms with Gasteiger partial charge in [0.05, 0.1) is 18.6 Å². The van der Waals surface area contributed by atoms with Crippen molar-refractivity contribution in [3.05, 3.63) is 24.3 Å². The van der Waals surface area contributed by atoms with E-state index in [1.807, 2.05) is 0 Å². The van der Waals surface area contributed by atoms with Crippen molar-refractivity contribution in [3.8, 4) is 5.75 Å². The average Bonchev–Trinajstić information content (AvgIpc) is 3.28. The van der Waals surface area contributed by atoms with Crippen LogP contribution in [0.2, 0.25) is 0 Å². The van der Waals surface area contributed by atoms with Crippen LogP contribution in [0.4, 0.5) is 0 Å². The minimum atomic E-state index is -3.64. The van der Waals surface area contributed by atoms with Gasteiger partial charge in [0, 0.05) is 6.54 Å². The highest BCUT2D eigenvalue weighted by molar-refractivity contribution is 7.89. The number of carbonyl (C=O) groups is 1. The molecular formula is C14H19NO5S. The van der Waals surface area contributed by atoms with E-state index in [1.165, 1.54) is 19.2 Å². The summed E-state index contributed by atoms with van der Waals surface area (Å²) in [6.07, 6.45) is 1.99. The molecule has 1 aromatic carbocycles. The Balaban J connectivity index is 2.03. The van der Waals surface area contributed by atoms with Crippen LogP contribution >= 0.6 is 0 Å². The predicted octanol–water partition coefficient (Wildman–Crippen LogP) is 1.41. The molecule has 6 nitrogen and oxygen atoms in total. The molecule has 1 aromatic rings. The highest BCUT2D eigenvalue weighted by Gasteiger charge is 2.50. The summed E-state index contributed by atoms with van der Waals surface area (Å²) in [5.74, 6) is 0.107. The average molecular weight is 313 g/mol. The van der Waals surface area contributed by atoms with E-state index in [0.29, 0.717) is 12.4 Å². The van der Waals surface area contributed by atoms with Gasteiger partial charge in [-0.15, -0.1) is 0 Å². The summed E-state index contributed by atoms with van der Waals surface area (Å²) in [5.41, 5.74) is 0. The normalized spacial score (nSPS) is 20.9. The lowest BCUT2D eigenvalue weighted by molar-refractivity contribution is -0.140. The minimum absolute atomic E-state index is 0.150. The van der Waals surface area contributed by atoms with E-state index < -0.39 is 22.0 Å². The Morgan fingerprint density at radius 3 is 2.57 bits per heavy atom. The fourth-order valence-electron chi connectivity index (χ4n) is 1.89. The maximum Gasteiger partial charge on any atom is 0.325 e. The second-order valence-corrected chi connectivity index (χ2v) is 6.68. The van der Waals surface area contributed by atoms with Gasteiger partial charge in [-0.25, -0.2) is 8.42 Å². The molecule has 0 amide bonds. The fraction of sp³-hybridized carbons (Fsp3) is 0.500. The van der Waals surface area contributed by atoms with Gasteiger partial charge in [-0.2, -0.15) is 4.31 Å². The first-order valence-corrected chi connectivity index (χ1v) is 8.27. The molecule has 2 atom stereocenters. The molecule has 1 aliphatic rings. The lowest BCUT2D eigenvalue weighted by Gasteiger charge is -2.08. The Morgan fingerprint density at radius 2 is 2.00 bits per heavy atom. The van der Waals surface area contributed by atoms with Crippen LogP contribution in [-0.4, -0.2) is 45.0 Å². The number of sulfonamides is 1. The van der Waals surface area contributed by atoms with Gasteiger partial charge < -0.3 is 9.47 Å². The zero-order valence-electron chi connectivity index (χ0n) is 12.1. The molecule has 0 aliphatic carbocycles. The molecule has 0 N–H and O–H groups in total. The van der Waals surface area contributed by atoms with Gasteiger partial charge in [0.2, 0.25) is 10.0 Å². The third-order valence-corrected chi connectivity index (χ3v) is 5.13. The molecule has 1 saturated heterocycles. The Hall–Kier alpha value is -1.60. The lowest BCUT2D eigenvalue weighted by atomic mass is 10.3. The molecule has 0 aromatic heterocycles. The molecule has 2 rings (SSSR count). The summed E-state index contributed by atoms with van der Waals surface area (Å²) < 4.78 is 35.7. The lowest BCUT2D eigenvalue weighted by Crippen LogP contribution is -2.20. The molecule has 1 fully saturated rings. The van der Waals surface area contributed by atoms with Crippen molar-refractivity contribution < 1.29 is 22.7 Å². The van der Waals surface area contributed by atoms with E-state index in [-0.39, 0.29) is 11.4 Å². The van der Waals surface area contributed by atoms with Crippen LogP contribution in [0.1, 0.15) is 19.8 Å². The van der Waals surface area contributed by atoms with Crippen LogP contribution in [0, 0.1) is 0 Å². The summed E-state index contributed by atoms with van der Waals surface area (Å²) in [6, 6.07) is 5.53. The standard InChI is InChI=1S/C14H19NO5S/c1-3-4-9-20-11-5-7-12(8-6-11)21(17,18)15-10-13(15)14(16)19-2/h5-8,13H,3-4,9-10H2,1-2H3. The molecule has 21 heavy (non-hydrogen) atoms. The van der Waals surface area contributed by atoms with E-state index in [4.69, 9.17) is 4.74 Å². The first kappa shape index (κ1) is 15.8. The maximum atomic E-state index is 12.3. The van der Waals surface area contributed by atoms with E-state index in [9.17, 15) is 13.2 Å². The minimum Gasteiger partial charge on any atom is -0.494 e. The van der Waals surface area contributed by atoms with E-state index in [0.717, 1.165) is 17.1 Å². The molecule has 116 valence electrons. The van der Waals surface area contributed by atoms with Crippen molar-refractivity contribution >= 4 is 16.0 Å². The Labute approximate surface area is 124 Å². The number of esters is 1. The number of methoxy groups -OCH3 is 1. The summed E-state index contributed by atoms with van der Waals surface area (Å²) in [5, 5.41) is 0. The molecule has 1 aliphatic heterocycles. The Kier molecular flexibility index (Phi) is 4.84. The quantitative estimate of drug-likeness (QED) is 0.432. The van der Waals surface area contributed by atoms with Crippen LogP contribution < -0.4 is 4.74 Å². The number of rotatable bonds is 7. The van der Waals surface area contributed by atoms with Gasteiger partial charge in [0.15, 0.2) is 0 Å². The van der Waals surface area contributed by atoms with Crippen LogP contribution in [0.25, 0.3) is 0 Å². The van der Waals surface area contributed by atoms with Crippen molar-refractivity contribution in [1.82, 2.24) is 4.31 Å². The van der Waals surface area contributed by atoms with Gasteiger partial charge in [-0.3, -0.25) is 4.79 Å². The topological polar surface area (TPSA) is 72.7 Å². The largest absolute Gasteiger partial charge is 0.494 e. The van der Waals surface area contributed by atoms with Gasteiger partial charge in [-0.1, -0.05) is 13.3 Å². The third kappa shape index (κ3) is 3.54. The van der Waals surface area contributed by atoms with Crippen molar-refractivity contribution in [1.29, 1.82) is 0 Å². The van der Waals surface area contributed by atoms with Gasteiger partial charge >= 0.3 is 5.97 Å². The zero-order chi connectivity index (χ0) is 15.5. The van der Waals surface area contributed by atoms with Gasteiger partial charge in [0.25, 0.3) is 0 Å². The molecule has 0 radical (unpaired) electrons. The maximum absolute atomic E-state index is 12.3. The highest BCUT2D eigenvalue weighted by atomic mass is 32.2. The Morgan fingerprint density at radius 1 is 1.33 bits per heavy atom. The number of carbonyl (C=O) groups excluding carboxylic acids is 1. The monoisotopic (exact) mass is 313 g/mol. The summed E-state index contributed by atoms with van der Waals surface area (Å²) in [4.78, 5) is 11.5. The molecule has 2 unspecified atom stereocenters. The van der Waals surface area contributed by atoms with Crippen LogP contribution in [0.15, 0.2) is 29.2 Å².